The summed E-state index contributed by atoms with van der Waals surface area (Å²) in [7, 11) is -6.57. The largest absolute Gasteiger partial charge is 0.307 e. The van der Waals surface area contributed by atoms with Crippen molar-refractivity contribution in [1.29, 1.82) is 0 Å². The minimum atomic E-state index is -3.32. The highest BCUT2D eigenvalue weighted by molar-refractivity contribution is 7.85. The summed E-state index contributed by atoms with van der Waals surface area (Å²) in [5.41, 5.74) is 1.34. The van der Waals surface area contributed by atoms with Crippen LogP contribution in [0.4, 0.5) is 0 Å². The van der Waals surface area contributed by atoms with Gasteiger partial charge in [-0.3, -0.25) is 4.99 Å². The monoisotopic (exact) mass is 558 g/mol. The first-order valence-corrected chi connectivity index (χ1v) is 16.3. The molecule has 4 nitrogen and oxygen atoms in total. The minimum absolute atomic E-state index is 0.376. The van der Waals surface area contributed by atoms with E-state index in [-0.39, 0.29) is 0 Å². The summed E-state index contributed by atoms with van der Waals surface area (Å²) in [6.07, 6.45) is 4.85. The second-order valence-corrected chi connectivity index (χ2v) is 14.4. The quantitative estimate of drug-likeness (QED) is 0.123. The maximum absolute atomic E-state index is 14.8. The highest BCUT2D eigenvalue weighted by Crippen LogP contribution is 2.52. The van der Waals surface area contributed by atoms with Crippen LogP contribution in [0.1, 0.15) is 5.69 Å². The lowest BCUT2D eigenvalue weighted by Gasteiger charge is -2.20. The third-order valence-corrected chi connectivity index (χ3v) is 12.4. The highest BCUT2D eigenvalue weighted by atomic mass is 31.2. The molecule has 0 fully saturated rings. The SMILES string of the molecule is C=C/C=C(\N=C\c1cccc(P(=O)(c2ccccc2)c2ccccc2)n1)P(=O)(c1ccccc1)c1ccccc1. The standard InChI is InChI=1S/C34H28N2O2P2/c1-2-16-33(39(37,29-18-7-3-8-19-29)30-20-9-4-10-21-30)35-27-28-17-15-26-34(36-28)40(38,31-22-11-5-12-23-31)32-24-13-6-14-25-32/h2-27H,1H2/b33-16+,35-27+. The topological polar surface area (TPSA) is 59.4 Å². The van der Waals surface area contributed by atoms with Crippen LogP contribution < -0.4 is 26.7 Å². The second kappa shape index (κ2) is 12.2. The molecule has 0 unspecified atom stereocenters. The van der Waals surface area contributed by atoms with Gasteiger partial charge in [0.25, 0.3) is 0 Å². The highest BCUT2D eigenvalue weighted by Gasteiger charge is 2.32. The molecule has 0 saturated heterocycles. The molecule has 6 heteroatoms. The lowest BCUT2D eigenvalue weighted by atomic mass is 10.4. The van der Waals surface area contributed by atoms with Gasteiger partial charge in [-0.1, -0.05) is 140 Å². The van der Waals surface area contributed by atoms with Gasteiger partial charge >= 0.3 is 0 Å². The Kier molecular flexibility index (Phi) is 8.31. The van der Waals surface area contributed by atoms with Crippen LogP contribution >= 0.6 is 14.3 Å². The van der Waals surface area contributed by atoms with E-state index in [2.05, 4.69) is 6.58 Å². The van der Waals surface area contributed by atoms with Crippen molar-refractivity contribution in [2.24, 2.45) is 4.99 Å². The van der Waals surface area contributed by atoms with Crippen LogP contribution in [0, 0.1) is 0 Å². The van der Waals surface area contributed by atoms with Gasteiger partial charge in [-0.05, 0) is 18.2 Å². The Bertz CT molecular complexity index is 1660. The molecular weight excluding hydrogens is 530 g/mol. The van der Waals surface area contributed by atoms with E-state index >= 15 is 0 Å². The van der Waals surface area contributed by atoms with Crippen LogP contribution in [0.5, 0.6) is 0 Å². The molecule has 0 N–H and O–H groups in total. The van der Waals surface area contributed by atoms with Gasteiger partial charge in [-0.2, -0.15) is 0 Å². The number of nitrogens with zero attached hydrogens (tertiary/aromatic N) is 2. The van der Waals surface area contributed by atoms with Gasteiger partial charge in [-0.15, -0.1) is 0 Å². The summed E-state index contributed by atoms with van der Waals surface area (Å²) in [5, 5.41) is 2.75. The smallest absolute Gasteiger partial charge is 0.188 e. The molecule has 0 atom stereocenters. The predicted molar refractivity (Wildman–Crippen MR) is 169 cm³/mol. The molecule has 5 aromatic rings. The van der Waals surface area contributed by atoms with E-state index in [9.17, 15) is 9.13 Å². The van der Waals surface area contributed by atoms with Crippen LogP contribution in [0.25, 0.3) is 0 Å². The van der Waals surface area contributed by atoms with E-state index in [0.29, 0.717) is 37.8 Å². The van der Waals surface area contributed by atoms with Crippen molar-refractivity contribution >= 4 is 47.2 Å². The van der Waals surface area contributed by atoms with Gasteiger partial charge in [0.15, 0.2) is 14.3 Å². The van der Waals surface area contributed by atoms with E-state index in [1.54, 1.807) is 30.5 Å². The molecule has 0 aliphatic carbocycles. The average molecular weight is 559 g/mol. The van der Waals surface area contributed by atoms with Crippen molar-refractivity contribution in [1.82, 2.24) is 4.98 Å². The summed E-state index contributed by atoms with van der Waals surface area (Å²) in [4.78, 5) is 9.53. The van der Waals surface area contributed by atoms with E-state index in [1.165, 1.54) is 0 Å². The summed E-state index contributed by atoms with van der Waals surface area (Å²) in [5.74, 6) is 0. The molecule has 4 aromatic carbocycles. The van der Waals surface area contributed by atoms with Crippen LogP contribution in [0.2, 0.25) is 0 Å². The van der Waals surface area contributed by atoms with Crippen molar-refractivity contribution in [2.45, 2.75) is 0 Å². The number of aliphatic imine (C=N–C) groups is 1. The summed E-state index contributed by atoms with van der Waals surface area (Å²) in [6, 6.07) is 42.9. The lowest BCUT2D eigenvalue weighted by molar-refractivity contribution is 0.590. The molecular formula is C34H28N2O2P2. The molecule has 40 heavy (non-hydrogen) atoms. The Morgan fingerprint density at radius 2 is 1.05 bits per heavy atom. The Balaban J connectivity index is 1.61. The number of allylic oxidation sites excluding steroid dienone is 2. The number of pyridine rings is 1. The van der Waals surface area contributed by atoms with Crippen LogP contribution in [-0.2, 0) is 9.13 Å². The molecule has 0 bridgehead atoms. The molecule has 196 valence electrons. The zero-order valence-corrected chi connectivity index (χ0v) is 23.6. The van der Waals surface area contributed by atoms with Crippen LogP contribution in [0.15, 0.2) is 169 Å². The Hall–Kier alpha value is -4.36. The van der Waals surface area contributed by atoms with E-state index in [4.69, 9.17) is 9.98 Å². The first-order chi connectivity index (χ1) is 19.6. The molecule has 0 radical (unpaired) electrons. The van der Waals surface area contributed by atoms with Crippen LogP contribution in [0.3, 0.4) is 0 Å². The predicted octanol–water partition coefficient (Wildman–Crippen LogP) is 6.18. The first kappa shape index (κ1) is 27.2. The van der Waals surface area contributed by atoms with Gasteiger partial charge in [0, 0.05) is 21.2 Å². The molecule has 0 aliphatic rings. The molecule has 0 amide bonds. The number of hydrogen-bond acceptors (Lipinski definition) is 4. The van der Waals surface area contributed by atoms with Gasteiger partial charge in [-0.25, -0.2) is 4.98 Å². The fourth-order valence-corrected chi connectivity index (χ4v) is 9.64. The number of benzene rings is 4. The van der Waals surface area contributed by atoms with Crippen molar-refractivity contribution in [3.8, 4) is 0 Å². The number of rotatable bonds is 9. The lowest BCUT2D eigenvalue weighted by Crippen LogP contribution is -2.27. The van der Waals surface area contributed by atoms with Crippen molar-refractivity contribution in [2.75, 3.05) is 0 Å². The molecule has 5 rings (SSSR count). The molecule has 0 saturated carbocycles. The number of aromatic nitrogens is 1. The van der Waals surface area contributed by atoms with Crippen molar-refractivity contribution in [3.05, 3.63) is 169 Å². The molecule has 0 aliphatic heterocycles. The van der Waals surface area contributed by atoms with Gasteiger partial charge in [0.05, 0.1) is 11.9 Å². The average Bonchev–Trinajstić information content (AvgIpc) is 3.04. The third kappa shape index (κ3) is 5.38. The summed E-state index contributed by atoms with van der Waals surface area (Å²) in [6.45, 7) is 3.85. The Morgan fingerprint density at radius 1 is 0.600 bits per heavy atom. The fourth-order valence-electron chi connectivity index (χ4n) is 4.53. The fraction of sp³-hybridized carbons (Fsp3) is 0. The maximum atomic E-state index is 14.8. The zero-order valence-electron chi connectivity index (χ0n) is 21.8. The van der Waals surface area contributed by atoms with Crippen LogP contribution in [-0.4, -0.2) is 11.2 Å². The zero-order chi connectivity index (χ0) is 27.8. The third-order valence-electron chi connectivity index (χ3n) is 6.48. The second-order valence-electron chi connectivity index (χ2n) is 9.00. The van der Waals surface area contributed by atoms with Crippen molar-refractivity contribution in [3.63, 3.8) is 0 Å². The van der Waals surface area contributed by atoms with Crippen molar-refractivity contribution < 1.29 is 9.13 Å². The van der Waals surface area contributed by atoms with Gasteiger partial charge < -0.3 is 9.13 Å². The Morgan fingerprint density at radius 3 is 1.50 bits per heavy atom. The molecule has 1 heterocycles. The summed E-state index contributed by atoms with van der Waals surface area (Å²) >= 11 is 0. The maximum Gasteiger partial charge on any atom is 0.188 e. The minimum Gasteiger partial charge on any atom is -0.307 e. The van der Waals surface area contributed by atoms with E-state index in [1.807, 2.05) is 127 Å². The normalized spacial score (nSPS) is 12.3. The number of hydrogen-bond donors (Lipinski definition) is 0. The van der Waals surface area contributed by atoms with E-state index < -0.39 is 14.3 Å². The summed E-state index contributed by atoms with van der Waals surface area (Å²) < 4.78 is 29.6. The first-order valence-electron chi connectivity index (χ1n) is 12.8. The van der Waals surface area contributed by atoms with Gasteiger partial charge in [0.1, 0.15) is 10.9 Å². The molecule has 1 aromatic heterocycles. The van der Waals surface area contributed by atoms with Gasteiger partial charge in [0.2, 0.25) is 0 Å². The van der Waals surface area contributed by atoms with E-state index in [0.717, 1.165) is 0 Å². The molecule has 0 spiro atoms. The Labute approximate surface area is 235 Å².